The second-order valence-corrected chi connectivity index (χ2v) is 5.81. The van der Waals surface area contributed by atoms with E-state index in [1.807, 2.05) is 0 Å². The fourth-order valence-corrected chi connectivity index (χ4v) is 0.926. The molecule has 4 heteroatoms. The topological polar surface area (TPSA) is 0 Å². The lowest BCUT2D eigenvalue weighted by atomic mass is 10.7. The van der Waals surface area contributed by atoms with Crippen molar-refractivity contribution in [3.63, 3.8) is 0 Å². The van der Waals surface area contributed by atoms with E-state index in [2.05, 4.69) is 6.58 Å². The minimum Gasteiger partial charge on any atom is -0.244 e. The van der Waals surface area contributed by atoms with Crippen molar-refractivity contribution in [2.45, 2.75) is 5.79 Å². The highest BCUT2D eigenvalue weighted by Gasteiger charge is 2.12. The smallest absolute Gasteiger partial charge is 0.244 e. The summed E-state index contributed by atoms with van der Waals surface area (Å²) in [6.45, 7) is 3.17. The van der Waals surface area contributed by atoms with Gasteiger partial charge in [-0.2, -0.15) is 0 Å². The van der Waals surface area contributed by atoms with Gasteiger partial charge in [-0.25, -0.2) is 4.39 Å². The van der Waals surface area contributed by atoms with Crippen molar-refractivity contribution in [2.75, 3.05) is 0 Å². The zero-order valence-electron chi connectivity index (χ0n) is 3.57. The summed E-state index contributed by atoms with van der Waals surface area (Å²) in [6, 6.07) is 0. The summed E-state index contributed by atoms with van der Waals surface area (Å²) < 4.78 is 11.9. The summed E-state index contributed by atoms with van der Waals surface area (Å²) in [5, 5.41) is 0. The van der Waals surface area contributed by atoms with Gasteiger partial charge in [0.15, 0.2) is 0 Å². The van der Waals surface area contributed by atoms with Gasteiger partial charge >= 0.3 is 0 Å². The number of rotatable bonds is 2. The third-order valence-corrected chi connectivity index (χ3v) is 2.66. The van der Waals surface area contributed by atoms with Crippen LogP contribution >= 0.6 is 22.2 Å². The Morgan fingerprint density at radius 2 is 2.14 bits per heavy atom. The van der Waals surface area contributed by atoms with Gasteiger partial charge in [0.2, 0.25) is 0 Å². The average molecular weight is 159 g/mol. The predicted molar refractivity (Wildman–Crippen MR) is 33.9 cm³/mol. The van der Waals surface area contributed by atoms with Crippen LogP contribution in [0.4, 0.5) is 4.39 Å². The Morgan fingerprint density at radius 3 is 2.14 bits per heavy atom. The fourth-order valence-electron chi connectivity index (χ4n) is 0.103. The standard InChI is InChI=1S/C3H5Cl2FSi/c1-2-3(6)7(4)5/h2-3,7H,1H2. The maximum atomic E-state index is 11.9. The summed E-state index contributed by atoms with van der Waals surface area (Å²) in [5.74, 6) is -1.16. The van der Waals surface area contributed by atoms with E-state index < -0.39 is 13.2 Å². The maximum Gasteiger partial charge on any atom is 0.274 e. The van der Waals surface area contributed by atoms with E-state index in [4.69, 9.17) is 22.2 Å². The van der Waals surface area contributed by atoms with Crippen LogP contribution in [0.3, 0.4) is 0 Å². The number of hydrogen-bond donors (Lipinski definition) is 0. The molecule has 0 aliphatic rings. The van der Waals surface area contributed by atoms with Crippen LogP contribution in [0.5, 0.6) is 0 Å². The molecule has 0 fully saturated rings. The molecule has 0 aliphatic heterocycles. The monoisotopic (exact) mass is 158 g/mol. The molecular formula is C3H5Cl2FSi. The zero-order valence-corrected chi connectivity index (χ0v) is 6.24. The van der Waals surface area contributed by atoms with Gasteiger partial charge in [0.05, 0.1) is 0 Å². The highest BCUT2D eigenvalue weighted by Crippen LogP contribution is 2.06. The molecule has 0 bridgehead atoms. The van der Waals surface area contributed by atoms with Crippen molar-refractivity contribution >= 4 is 29.6 Å². The molecule has 0 aliphatic carbocycles. The molecule has 0 aromatic rings. The Morgan fingerprint density at radius 1 is 1.71 bits per heavy atom. The van der Waals surface area contributed by atoms with Crippen molar-refractivity contribution in [3.8, 4) is 0 Å². The molecular weight excluding hydrogens is 154 g/mol. The number of halogens is 3. The van der Waals surface area contributed by atoms with Crippen molar-refractivity contribution in [1.29, 1.82) is 0 Å². The van der Waals surface area contributed by atoms with Gasteiger partial charge in [-0.1, -0.05) is 6.08 Å². The van der Waals surface area contributed by atoms with Crippen LogP contribution in [0.15, 0.2) is 12.7 Å². The Balaban J connectivity index is 3.33. The second-order valence-electron chi connectivity index (χ2n) is 1.01. The number of hydrogen-bond acceptors (Lipinski definition) is 0. The van der Waals surface area contributed by atoms with E-state index in [0.29, 0.717) is 0 Å². The predicted octanol–water partition coefficient (Wildman–Crippen LogP) is 1.75. The van der Waals surface area contributed by atoms with Crippen LogP contribution in [-0.2, 0) is 0 Å². The maximum absolute atomic E-state index is 11.9. The van der Waals surface area contributed by atoms with E-state index in [0.717, 1.165) is 6.08 Å². The Kier molecular flexibility index (Phi) is 3.70. The lowest BCUT2D eigenvalue weighted by molar-refractivity contribution is 0.508. The van der Waals surface area contributed by atoms with E-state index in [1.54, 1.807) is 0 Å². The molecule has 0 amide bonds. The van der Waals surface area contributed by atoms with E-state index in [1.165, 1.54) is 0 Å². The van der Waals surface area contributed by atoms with Gasteiger partial charge in [0.25, 0.3) is 7.42 Å². The van der Waals surface area contributed by atoms with Crippen LogP contribution in [0.2, 0.25) is 0 Å². The van der Waals surface area contributed by atoms with Crippen LogP contribution in [0.1, 0.15) is 0 Å². The number of alkyl halides is 1. The molecule has 1 unspecified atom stereocenters. The summed E-state index contributed by atoms with van der Waals surface area (Å²) in [6.07, 6.45) is 1.12. The third kappa shape index (κ3) is 3.09. The Bertz CT molecular complexity index is 66.0. The van der Waals surface area contributed by atoms with Crippen LogP contribution < -0.4 is 0 Å². The first-order valence-corrected chi connectivity index (χ1v) is 5.89. The second kappa shape index (κ2) is 3.47. The quantitative estimate of drug-likeness (QED) is 0.327. The minimum atomic E-state index is -2.10. The van der Waals surface area contributed by atoms with Crippen LogP contribution in [-0.4, -0.2) is 13.2 Å². The van der Waals surface area contributed by atoms with Crippen molar-refractivity contribution in [2.24, 2.45) is 0 Å². The molecule has 0 aromatic carbocycles. The third-order valence-electron chi connectivity index (χ3n) is 0.466. The SMILES string of the molecule is C=CC(F)[SiH](Cl)Cl. The first-order valence-electron chi connectivity index (χ1n) is 1.73. The first-order chi connectivity index (χ1) is 3.18. The molecule has 0 rings (SSSR count). The summed E-state index contributed by atoms with van der Waals surface area (Å²) >= 11 is 10.4. The van der Waals surface area contributed by atoms with Gasteiger partial charge in [0, 0.05) is 0 Å². The first kappa shape index (κ1) is 7.47. The normalized spacial score (nSPS) is 14.3. The van der Waals surface area contributed by atoms with Gasteiger partial charge in [-0.15, -0.1) is 28.7 Å². The van der Waals surface area contributed by atoms with E-state index >= 15 is 0 Å². The molecule has 0 saturated heterocycles. The van der Waals surface area contributed by atoms with Crippen LogP contribution in [0.25, 0.3) is 0 Å². The molecule has 7 heavy (non-hydrogen) atoms. The lowest BCUT2D eigenvalue weighted by Crippen LogP contribution is -2.10. The fraction of sp³-hybridized carbons (Fsp3) is 0.333. The summed E-state index contributed by atoms with van der Waals surface area (Å²) in [4.78, 5) is 0. The molecule has 0 saturated carbocycles. The molecule has 0 nitrogen and oxygen atoms in total. The summed E-state index contributed by atoms with van der Waals surface area (Å²) in [7, 11) is -2.10. The Hall–Kier alpha value is 0.467. The largest absolute Gasteiger partial charge is 0.274 e. The molecule has 0 aromatic heterocycles. The van der Waals surface area contributed by atoms with Gasteiger partial charge in [-0.3, -0.25) is 0 Å². The van der Waals surface area contributed by atoms with Gasteiger partial charge in [-0.05, 0) is 0 Å². The van der Waals surface area contributed by atoms with E-state index in [-0.39, 0.29) is 0 Å². The van der Waals surface area contributed by atoms with Crippen molar-refractivity contribution in [3.05, 3.63) is 12.7 Å². The van der Waals surface area contributed by atoms with Crippen molar-refractivity contribution in [1.82, 2.24) is 0 Å². The Labute approximate surface area is 52.9 Å². The van der Waals surface area contributed by atoms with Gasteiger partial charge < -0.3 is 0 Å². The molecule has 0 heterocycles. The molecule has 0 spiro atoms. The minimum absolute atomic E-state index is 1.12. The van der Waals surface area contributed by atoms with Crippen molar-refractivity contribution < 1.29 is 4.39 Å². The highest BCUT2D eigenvalue weighted by atomic mass is 35.7. The number of allylic oxidation sites excluding steroid dienone is 1. The lowest BCUT2D eigenvalue weighted by Gasteiger charge is -1.95. The molecule has 0 N–H and O–H groups in total. The highest BCUT2D eigenvalue weighted by molar-refractivity contribution is 7.34. The summed E-state index contributed by atoms with van der Waals surface area (Å²) in [5.41, 5.74) is 0. The molecule has 1 atom stereocenters. The average Bonchev–Trinajstić information content (AvgIpc) is 1.65. The van der Waals surface area contributed by atoms with Gasteiger partial charge in [0.1, 0.15) is 5.79 Å². The van der Waals surface area contributed by atoms with E-state index in [9.17, 15) is 4.39 Å². The molecule has 42 valence electrons. The van der Waals surface area contributed by atoms with Crippen LogP contribution in [0, 0.1) is 0 Å². The zero-order chi connectivity index (χ0) is 5.86. The molecule has 0 radical (unpaired) electrons.